The van der Waals surface area contributed by atoms with Crippen molar-refractivity contribution >= 4 is 46.8 Å². The summed E-state index contributed by atoms with van der Waals surface area (Å²) in [6.07, 6.45) is 4.79. The maximum Gasteiger partial charge on any atom is 0.269 e. The normalized spacial score (nSPS) is 18.3. The number of carbonyl (C=O) groups excluding carboxylic acids is 2. The minimum absolute atomic E-state index is 0.101. The quantitative estimate of drug-likeness (QED) is 0.678. The highest BCUT2D eigenvalue weighted by Crippen LogP contribution is 2.19. The van der Waals surface area contributed by atoms with Gasteiger partial charge >= 0.3 is 0 Å². The summed E-state index contributed by atoms with van der Waals surface area (Å²) >= 11 is 7.18. The van der Waals surface area contributed by atoms with Gasteiger partial charge in [-0.2, -0.15) is 0 Å². The zero-order valence-corrected chi connectivity index (χ0v) is 20.4. The predicted molar refractivity (Wildman–Crippen MR) is 127 cm³/mol. The van der Waals surface area contributed by atoms with Gasteiger partial charge in [0, 0.05) is 30.1 Å². The molecule has 0 aliphatic carbocycles. The SMILES string of the molecule is CC1CCCN(C(=O)Cn2c(=CC(=O)C(C)(C)C)sc(=Cc3c(F)cccc3Cl)c2=O)C1. The van der Waals surface area contributed by atoms with Crippen molar-refractivity contribution in [3.05, 3.63) is 54.2 Å². The van der Waals surface area contributed by atoms with Crippen molar-refractivity contribution in [2.45, 2.75) is 47.1 Å². The molecular formula is C24H28ClFN2O3S. The molecule has 2 heterocycles. The Bertz CT molecular complexity index is 1190. The summed E-state index contributed by atoms with van der Waals surface area (Å²) in [5.41, 5.74) is -0.985. The molecule has 0 saturated carbocycles. The summed E-state index contributed by atoms with van der Waals surface area (Å²) in [7, 11) is 0. The number of carbonyl (C=O) groups is 2. The van der Waals surface area contributed by atoms with Crippen LogP contribution in [-0.4, -0.2) is 34.2 Å². The molecule has 1 saturated heterocycles. The maximum absolute atomic E-state index is 14.3. The van der Waals surface area contributed by atoms with Gasteiger partial charge in [-0.3, -0.25) is 19.0 Å². The van der Waals surface area contributed by atoms with E-state index in [1.165, 1.54) is 28.9 Å². The number of hydrogen-bond acceptors (Lipinski definition) is 4. The average molecular weight is 479 g/mol. The van der Waals surface area contributed by atoms with E-state index in [4.69, 9.17) is 11.6 Å². The third-order valence-corrected chi connectivity index (χ3v) is 6.90. The molecule has 1 fully saturated rings. The van der Waals surface area contributed by atoms with Crippen LogP contribution in [0, 0.1) is 17.2 Å². The number of thiazole rings is 1. The van der Waals surface area contributed by atoms with E-state index in [0.717, 1.165) is 24.2 Å². The van der Waals surface area contributed by atoms with Gasteiger partial charge in [-0.05, 0) is 37.0 Å². The van der Waals surface area contributed by atoms with Crippen molar-refractivity contribution < 1.29 is 14.0 Å². The lowest BCUT2D eigenvalue weighted by Crippen LogP contribution is -2.44. The highest BCUT2D eigenvalue weighted by atomic mass is 35.5. The van der Waals surface area contributed by atoms with Crippen molar-refractivity contribution in [3.8, 4) is 0 Å². The summed E-state index contributed by atoms with van der Waals surface area (Å²) in [6, 6.07) is 4.29. The molecule has 1 atom stereocenters. The Balaban J connectivity index is 2.11. The van der Waals surface area contributed by atoms with Crippen molar-refractivity contribution in [3.63, 3.8) is 0 Å². The zero-order valence-electron chi connectivity index (χ0n) is 18.8. The number of nitrogens with zero attached hydrogens (tertiary/aromatic N) is 2. The molecule has 1 aromatic carbocycles. The van der Waals surface area contributed by atoms with E-state index < -0.39 is 16.8 Å². The van der Waals surface area contributed by atoms with E-state index in [0.29, 0.717) is 23.7 Å². The lowest BCUT2D eigenvalue weighted by atomic mass is 9.91. The molecule has 8 heteroatoms. The molecule has 0 bridgehead atoms. The first kappa shape index (κ1) is 24.4. The number of piperidine rings is 1. The first-order valence-corrected chi connectivity index (χ1v) is 11.9. The molecule has 1 aromatic heterocycles. The van der Waals surface area contributed by atoms with E-state index in [2.05, 4.69) is 6.92 Å². The van der Waals surface area contributed by atoms with Crippen molar-refractivity contribution in [2.24, 2.45) is 11.3 Å². The highest BCUT2D eigenvalue weighted by Gasteiger charge is 2.23. The number of rotatable bonds is 4. The van der Waals surface area contributed by atoms with Gasteiger partial charge in [0.1, 0.15) is 17.0 Å². The summed E-state index contributed by atoms with van der Waals surface area (Å²) < 4.78 is 16.2. The number of benzene rings is 1. The number of halogens is 2. The van der Waals surface area contributed by atoms with Crippen molar-refractivity contribution in [1.29, 1.82) is 0 Å². The first-order chi connectivity index (χ1) is 15.0. The molecule has 172 valence electrons. The Kier molecular flexibility index (Phi) is 7.40. The molecule has 1 aliphatic rings. The van der Waals surface area contributed by atoms with Gasteiger partial charge < -0.3 is 4.90 Å². The molecule has 1 aliphatic heterocycles. The second kappa shape index (κ2) is 9.71. The third kappa shape index (κ3) is 5.56. The van der Waals surface area contributed by atoms with Gasteiger partial charge in [-0.1, -0.05) is 45.4 Å². The number of amides is 1. The number of likely N-dealkylation sites (tertiary alicyclic amines) is 1. The molecule has 1 unspecified atom stereocenters. The molecule has 32 heavy (non-hydrogen) atoms. The van der Waals surface area contributed by atoms with Crippen LogP contribution >= 0.6 is 22.9 Å². The molecule has 1 amide bonds. The van der Waals surface area contributed by atoms with Crippen LogP contribution in [0.3, 0.4) is 0 Å². The summed E-state index contributed by atoms with van der Waals surface area (Å²) in [4.78, 5) is 40.6. The molecule has 0 N–H and O–H groups in total. The second-order valence-electron chi connectivity index (χ2n) is 9.32. The van der Waals surface area contributed by atoms with E-state index >= 15 is 0 Å². The van der Waals surface area contributed by atoms with Crippen LogP contribution < -0.4 is 14.8 Å². The van der Waals surface area contributed by atoms with Gasteiger partial charge in [0.05, 0.1) is 9.55 Å². The number of aromatic nitrogens is 1. The molecule has 0 spiro atoms. The smallest absolute Gasteiger partial charge is 0.269 e. The zero-order chi connectivity index (χ0) is 23.6. The van der Waals surface area contributed by atoms with E-state index in [1.54, 1.807) is 31.7 Å². The lowest BCUT2D eigenvalue weighted by Gasteiger charge is -2.31. The van der Waals surface area contributed by atoms with Crippen LogP contribution in [0.25, 0.3) is 12.2 Å². The van der Waals surface area contributed by atoms with Gasteiger partial charge in [0.2, 0.25) is 5.91 Å². The first-order valence-electron chi connectivity index (χ1n) is 10.7. The monoisotopic (exact) mass is 478 g/mol. The molecule has 5 nitrogen and oxygen atoms in total. The standard InChI is InChI=1S/C24H28ClFN2O3S/c1-15-7-6-10-27(13-15)21(30)14-28-22(12-20(29)24(2,3)4)32-19(23(28)31)11-16-17(25)8-5-9-18(16)26/h5,8-9,11-12,15H,6-7,10,13-14H2,1-4H3. The molecular weight excluding hydrogens is 451 g/mol. The number of hydrogen-bond donors (Lipinski definition) is 0. The van der Waals surface area contributed by atoms with Crippen LogP contribution in [0.1, 0.15) is 46.1 Å². The van der Waals surface area contributed by atoms with Crippen LogP contribution in [0.2, 0.25) is 5.02 Å². The summed E-state index contributed by atoms with van der Waals surface area (Å²) in [6.45, 7) is 8.61. The van der Waals surface area contributed by atoms with Gasteiger partial charge in [-0.15, -0.1) is 11.3 Å². The Morgan fingerprint density at radius 2 is 2.03 bits per heavy atom. The minimum Gasteiger partial charge on any atom is -0.341 e. The fourth-order valence-corrected chi connectivity index (χ4v) is 4.79. The predicted octanol–water partition coefficient (Wildman–Crippen LogP) is 3.19. The number of ketones is 1. The maximum atomic E-state index is 14.3. The van der Waals surface area contributed by atoms with E-state index in [-0.39, 0.29) is 33.4 Å². The molecule has 2 aromatic rings. The van der Waals surface area contributed by atoms with E-state index in [9.17, 15) is 18.8 Å². The van der Waals surface area contributed by atoms with Gasteiger partial charge in [0.15, 0.2) is 5.78 Å². The van der Waals surface area contributed by atoms with Crippen molar-refractivity contribution in [2.75, 3.05) is 13.1 Å². The van der Waals surface area contributed by atoms with Crippen LogP contribution in [0.5, 0.6) is 0 Å². The highest BCUT2D eigenvalue weighted by molar-refractivity contribution is 7.07. The van der Waals surface area contributed by atoms with Crippen LogP contribution in [0.15, 0.2) is 23.0 Å². The minimum atomic E-state index is -0.643. The molecule has 0 radical (unpaired) electrons. The summed E-state index contributed by atoms with van der Waals surface area (Å²) in [5.74, 6) is -0.467. The molecule has 3 rings (SSSR count). The van der Waals surface area contributed by atoms with Crippen LogP contribution in [0.4, 0.5) is 4.39 Å². The third-order valence-electron chi connectivity index (χ3n) is 5.51. The Labute approximate surface area is 195 Å². The van der Waals surface area contributed by atoms with Gasteiger partial charge in [0.25, 0.3) is 5.56 Å². The van der Waals surface area contributed by atoms with E-state index in [1.807, 2.05) is 0 Å². The van der Waals surface area contributed by atoms with Gasteiger partial charge in [-0.25, -0.2) is 4.39 Å². The largest absolute Gasteiger partial charge is 0.341 e. The Hall–Kier alpha value is -2.25. The fourth-order valence-electron chi connectivity index (χ4n) is 3.55. The van der Waals surface area contributed by atoms with Crippen molar-refractivity contribution in [1.82, 2.24) is 9.47 Å². The average Bonchev–Trinajstić information content (AvgIpc) is 2.99. The Morgan fingerprint density at radius 3 is 2.66 bits per heavy atom. The lowest BCUT2D eigenvalue weighted by molar-refractivity contribution is -0.133. The van der Waals surface area contributed by atoms with Crippen LogP contribution in [-0.2, 0) is 16.1 Å². The fraction of sp³-hybridized carbons (Fsp3) is 0.458. The second-order valence-corrected chi connectivity index (χ2v) is 10.8. The number of Topliss-reactive ketones (excluding diaryl/α,β-unsaturated/α-hetero) is 1. The summed E-state index contributed by atoms with van der Waals surface area (Å²) in [5, 5.41) is 0.180. The topological polar surface area (TPSA) is 59.4 Å². The Morgan fingerprint density at radius 1 is 1.31 bits per heavy atom.